The zero-order valence-electron chi connectivity index (χ0n) is 15.4. The number of rotatable bonds is 7. The summed E-state index contributed by atoms with van der Waals surface area (Å²) in [6.45, 7) is 2.82. The summed E-state index contributed by atoms with van der Waals surface area (Å²) in [6, 6.07) is 18.7. The molecule has 0 fully saturated rings. The molecule has 142 valence electrons. The van der Waals surface area contributed by atoms with Gasteiger partial charge in [-0.3, -0.25) is 0 Å². The third-order valence-corrected chi connectivity index (χ3v) is 4.60. The maximum absolute atomic E-state index is 9.91. The number of aromatic hydroxyl groups is 2. The average molecular weight is 374 g/mol. The molecule has 4 N–H and O–H groups in total. The second-order valence-corrected chi connectivity index (χ2v) is 6.66. The number of phenols is 2. The highest BCUT2D eigenvalue weighted by atomic mass is 16.3. The van der Waals surface area contributed by atoms with Crippen molar-refractivity contribution >= 4 is 21.8 Å². The van der Waals surface area contributed by atoms with Gasteiger partial charge in [-0.25, -0.2) is 9.97 Å². The summed E-state index contributed by atoms with van der Waals surface area (Å²) < 4.78 is 0. The van der Waals surface area contributed by atoms with E-state index in [0.29, 0.717) is 24.1 Å². The summed E-state index contributed by atoms with van der Waals surface area (Å²) in [4.78, 5) is 9.02. The van der Waals surface area contributed by atoms with Crippen LogP contribution in [0.25, 0.3) is 21.8 Å². The number of para-hydroxylation sites is 2. The number of nitrogens with one attached hydrogen (secondary N) is 2. The van der Waals surface area contributed by atoms with Crippen molar-refractivity contribution in [2.75, 3.05) is 13.1 Å². The lowest BCUT2D eigenvalue weighted by Gasteiger charge is -2.08. The van der Waals surface area contributed by atoms with Gasteiger partial charge in [0, 0.05) is 37.0 Å². The number of nitrogens with zero attached hydrogens (tertiary/aromatic N) is 2. The fraction of sp³-hybridized carbons (Fsp3) is 0.182. The largest absolute Gasteiger partial charge is 0.506 e. The molecule has 2 heterocycles. The van der Waals surface area contributed by atoms with Crippen LogP contribution in [0, 0.1) is 0 Å². The molecule has 0 saturated carbocycles. The van der Waals surface area contributed by atoms with Crippen LogP contribution in [0.1, 0.15) is 11.4 Å². The van der Waals surface area contributed by atoms with Gasteiger partial charge in [0.2, 0.25) is 0 Å². The summed E-state index contributed by atoms with van der Waals surface area (Å²) in [5, 5.41) is 28.4. The monoisotopic (exact) mass is 374 g/mol. The maximum atomic E-state index is 9.91. The lowest BCUT2D eigenvalue weighted by Crippen LogP contribution is -2.27. The van der Waals surface area contributed by atoms with Gasteiger partial charge in [-0.2, -0.15) is 0 Å². The zero-order valence-corrected chi connectivity index (χ0v) is 15.4. The summed E-state index contributed by atoms with van der Waals surface area (Å²) in [7, 11) is 0. The molecule has 0 aliphatic heterocycles. The first kappa shape index (κ1) is 18.2. The van der Waals surface area contributed by atoms with E-state index in [1.54, 1.807) is 12.1 Å². The van der Waals surface area contributed by atoms with Gasteiger partial charge < -0.3 is 20.8 Å². The molecule has 0 saturated heterocycles. The van der Waals surface area contributed by atoms with Crippen molar-refractivity contribution in [1.82, 2.24) is 20.6 Å². The van der Waals surface area contributed by atoms with E-state index in [9.17, 15) is 10.2 Å². The predicted octanol–water partition coefficient (Wildman–Crippen LogP) is 3.07. The summed E-state index contributed by atoms with van der Waals surface area (Å²) in [5.74, 6) is 0.407. The Morgan fingerprint density at radius 2 is 1.07 bits per heavy atom. The van der Waals surface area contributed by atoms with Crippen LogP contribution in [0.3, 0.4) is 0 Å². The van der Waals surface area contributed by atoms with Crippen LogP contribution in [-0.2, 0) is 13.1 Å². The minimum Gasteiger partial charge on any atom is -0.506 e. The van der Waals surface area contributed by atoms with Crippen molar-refractivity contribution in [2.24, 2.45) is 0 Å². The first-order chi connectivity index (χ1) is 13.7. The SMILES string of the molecule is Oc1cccc2ccc(CNCCNCc3ccc4cccc(O)c4n3)nc12. The molecule has 0 aliphatic carbocycles. The van der Waals surface area contributed by atoms with Gasteiger partial charge in [0.05, 0.1) is 11.4 Å². The molecule has 0 amide bonds. The minimum atomic E-state index is 0.204. The Balaban J connectivity index is 1.25. The van der Waals surface area contributed by atoms with Crippen LogP contribution in [0.2, 0.25) is 0 Å². The van der Waals surface area contributed by atoms with E-state index in [0.717, 1.165) is 35.2 Å². The standard InChI is InChI=1S/C22H22N4O2/c27-19-5-1-3-15-7-9-17(25-21(15)19)13-23-11-12-24-14-18-10-8-16-4-2-6-20(28)22(16)26-18/h1-10,23-24,27-28H,11-14H2. The summed E-state index contributed by atoms with van der Waals surface area (Å²) in [6.07, 6.45) is 0. The van der Waals surface area contributed by atoms with Gasteiger partial charge >= 0.3 is 0 Å². The highest BCUT2D eigenvalue weighted by Crippen LogP contribution is 2.23. The van der Waals surface area contributed by atoms with Crippen molar-refractivity contribution < 1.29 is 10.2 Å². The second-order valence-electron chi connectivity index (χ2n) is 6.66. The topological polar surface area (TPSA) is 90.3 Å². The summed E-state index contributed by atoms with van der Waals surface area (Å²) in [5.41, 5.74) is 3.04. The van der Waals surface area contributed by atoms with Crippen molar-refractivity contribution in [3.8, 4) is 11.5 Å². The van der Waals surface area contributed by atoms with Gasteiger partial charge in [0.25, 0.3) is 0 Å². The number of benzene rings is 2. The Hall–Kier alpha value is -3.22. The highest BCUT2D eigenvalue weighted by molar-refractivity contribution is 5.84. The fourth-order valence-corrected chi connectivity index (χ4v) is 3.15. The van der Waals surface area contributed by atoms with Crippen LogP contribution in [-0.4, -0.2) is 33.3 Å². The molecule has 0 spiro atoms. The molecule has 4 aromatic rings. The molecular weight excluding hydrogens is 352 g/mol. The predicted molar refractivity (Wildman–Crippen MR) is 110 cm³/mol. The highest BCUT2D eigenvalue weighted by Gasteiger charge is 2.04. The molecule has 6 heteroatoms. The molecule has 4 rings (SSSR count). The van der Waals surface area contributed by atoms with Crippen molar-refractivity contribution in [1.29, 1.82) is 0 Å². The van der Waals surface area contributed by atoms with Gasteiger partial charge in [-0.15, -0.1) is 0 Å². The molecule has 0 atom stereocenters. The zero-order chi connectivity index (χ0) is 19.3. The van der Waals surface area contributed by atoms with E-state index in [-0.39, 0.29) is 11.5 Å². The van der Waals surface area contributed by atoms with Crippen molar-refractivity contribution in [2.45, 2.75) is 13.1 Å². The third kappa shape index (κ3) is 4.03. The van der Waals surface area contributed by atoms with Crippen LogP contribution in [0.5, 0.6) is 11.5 Å². The second kappa shape index (κ2) is 8.21. The first-order valence-electron chi connectivity index (χ1n) is 9.27. The van der Waals surface area contributed by atoms with Crippen LogP contribution >= 0.6 is 0 Å². The van der Waals surface area contributed by atoms with Crippen molar-refractivity contribution in [3.05, 3.63) is 72.1 Å². The first-order valence-corrected chi connectivity index (χ1v) is 9.27. The Labute approximate surface area is 162 Å². The maximum Gasteiger partial charge on any atom is 0.141 e. The Bertz CT molecular complexity index is 1020. The smallest absolute Gasteiger partial charge is 0.141 e. The van der Waals surface area contributed by atoms with E-state index in [1.165, 1.54) is 0 Å². The van der Waals surface area contributed by atoms with E-state index >= 15 is 0 Å². The summed E-state index contributed by atoms with van der Waals surface area (Å²) >= 11 is 0. The molecule has 0 unspecified atom stereocenters. The number of fused-ring (bicyclic) bond motifs is 2. The molecule has 2 aromatic carbocycles. The molecular formula is C22H22N4O2. The van der Waals surface area contributed by atoms with Gasteiger partial charge in [-0.05, 0) is 24.3 Å². The quantitative estimate of drug-likeness (QED) is 0.372. The van der Waals surface area contributed by atoms with Crippen LogP contribution in [0.4, 0.5) is 0 Å². The molecule has 0 aliphatic rings. The molecule has 0 bridgehead atoms. The lowest BCUT2D eigenvalue weighted by atomic mass is 10.2. The van der Waals surface area contributed by atoms with Gasteiger partial charge in [0.15, 0.2) is 0 Å². The molecule has 0 radical (unpaired) electrons. The molecule has 2 aromatic heterocycles. The lowest BCUT2D eigenvalue weighted by molar-refractivity contribution is 0.479. The average Bonchev–Trinajstić information content (AvgIpc) is 2.71. The number of aromatic nitrogens is 2. The van der Waals surface area contributed by atoms with Crippen molar-refractivity contribution in [3.63, 3.8) is 0 Å². The van der Waals surface area contributed by atoms with E-state index in [4.69, 9.17) is 0 Å². The van der Waals surface area contributed by atoms with Crippen LogP contribution in [0.15, 0.2) is 60.7 Å². The number of hydrogen-bond donors (Lipinski definition) is 4. The number of phenolic OH excluding ortho intramolecular Hbond substituents is 2. The molecule has 6 nitrogen and oxygen atoms in total. The van der Waals surface area contributed by atoms with E-state index in [1.807, 2.05) is 48.5 Å². The van der Waals surface area contributed by atoms with Gasteiger partial charge in [0.1, 0.15) is 22.5 Å². The normalized spacial score (nSPS) is 11.3. The third-order valence-electron chi connectivity index (χ3n) is 4.60. The van der Waals surface area contributed by atoms with Crippen LogP contribution < -0.4 is 10.6 Å². The van der Waals surface area contributed by atoms with Gasteiger partial charge in [-0.1, -0.05) is 36.4 Å². The molecule has 28 heavy (non-hydrogen) atoms. The Morgan fingerprint density at radius 1 is 0.607 bits per heavy atom. The van der Waals surface area contributed by atoms with E-state index < -0.39 is 0 Å². The number of hydrogen-bond acceptors (Lipinski definition) is 6. The minimum absolute atomic E-state index is 0.204. The Kier molecular flexibility index (Phi) is 5.32. The fourth-order valence-electron chi connectivity index (χ4n) is 3.15. The van der Waals surface area contributed by atoms with E-state index in [2.05, 4.69) is 20.6 Å². The number of pyridine rings is 2. The Morgan fingerprint density at radius 3 is 1.54 bits per heavy atom.